The Hall–Kier alpha value is -0.610. The summed E-state index contributed by atoms with van der Waals surface area (Å²) in [4.78, 5) is 2.51. The lowest BCUT2D eigenvalue weighted by Gasteiger charge is -2.26. The van der Waals surface area contributed by atoms with Crippen LogP contribution in [0.4, 0.5) is 0 Å². The van der Waals surface area contributed by atoms with Crippen molar-refractivity contribution >= 4 is 12.4 Å². The fourth-order valence-electron chi connectivity index (χ4n) is 3.58. The normalized spacial score (nSPS) is 19.8. The molecule has 0 aromatic heterocycles. The van der Waals surface area contributed by atoms with Crippen LogP contribution in [0.2, 0.25) is 0 Å². The Kier molecular flexibility index (Phi) is 9.11. The van der Waals surface area contributed by atoms with E-state index in [1.807, 2.05) is 0 Å². The number of halogens is 1. The Balaban J connectivity index is 0.00000208. The number of benzene rings is 1. The van der Waals surface area contributed by atoms with E-state index in [1.165, 1.54) is 62.6 Å². The maximum Gasteiger partial charge on any atom is 0.0720 e. The van der Waals surface area contributed by atoms with Crippen LogP contribution in [0, 0.1) is 0 Å². The molecule has 4 heteroatoms. The third-order valence-electron chi connectivity index (χ3n) is 5.10. The summed E-state index contributed by atoms with van der Waals surface area (Å²) in [5.74, 6) is 0. The van der Waals surface area contributed by atoms with E-state index in [1.54, 1.807) is 0 Å². The summed E-state index contributed by atoms with van der Waals surface area (Å²) in [6.07, 6.45) is 9.47. The maximum atomic E-state index is 6.05. The smallest absolute Gasteiger partial charge is 0.0720 e. The van der Waals surface area contributed by atoms with Gasteiger partial charge in [-0.25, -0.2) is 0 Å². The molecule has 1 aromatic rings. The lowest BCUT2D eigenvalue weighted by atomic mass is 9.98. The molecule has 136 valence electrons. The number of aryl methyl sites for hydroxylation is 1. The second kappa shape index (κ2) is 11.1. The first kappa shape index (κ1) is 19.7. The number of rotatable bonds is 7. The third-order valence-corrected chi connectivity index (χ3v) is 5.10. The summed E-state index contributed by atoms with van der Waals surface area (Å²) in [5, 5.41) is 0. The van der Waals surface area contributed by atoms with E-state index in [4.69, 9.17) is 9.47 Å². The molecular formula is C20H32ClNO2. The fourth-order valence-corrected chi connectivity index (χ4v) is 3.58. The highest BCUT2D eigenvalue weighted by molar-refractivity contribution is 5.85. The zero-order valence-corrected chi connectivity index (χ0v) is 15.6. The molecular weight excluding hydrogens is 322 g/mol. The second-order valence-electron chi connectivity index (χ2n) is 6.95. The molecule has 1 saturated heterocycles. The van der Waals surface area contributed by atoms with Crippen LogP contribution in [-0.2, 0) is 22.5 Å². The topological polar surface area (TPSA) is 21.7 Å². The summed E-state index contributed by atoms with van der Waals surface area (Å²) in [5.41, 5.74) is 2.76. The third kappa shape index (κ3) is 6.72. The van der Waals surface area contributed by atoms with E-state index < -0.39 is 0 Å². The van der Waals surface area contributed by atoms with Crippen molar-refractivity contribution in [1.82, 2.24) is 4.90 Å². The highest BCUT2D eigenvalue weighted by Crippen LogP contribution is 2.21. The summed E-state index contributed by atoms with van der Waals surface area (Å²) in [6.45, 7) is 5.95. The van der Waals surface area contributed by atoms with Gasteiger partial charge in [-0.2, -0.15) is 0 Å². The van der Waals surface area contributed by atoms with Gasteiger partial charge in [0.25, 0.3) is 0 Å². The van der Waals surface area contributed by atoms with Crippen LogP contribution in [-0.4, -0.2) is 43.9 Å². The van der Waals surface area contributed by atoms with Crippen molar-refractivity contribution in [1.29, 1.82) is 0 Å². The van der Waals surface area contributed by atoms with E-state index >= 15 is 0 Å². The average molecular weight is 354 g/mol. The van der Waals surface area contributed by atoms with Crippen LogP contribution < -0.4 is 0 Å². The van der Waals surface area contributed by atoms with Gasteiger partial charge in [0.05, 0.1) is 25.9 Å². The van der Waals surface area contributed by atoms with Gasteiger partial charge in [0.1, 0.15) is 0 Å². The Morgan fingerprint density at radius 3 is 2.33 bits per heavy atom. The molecule has 2 aliphatic rings. The van der Waals surface area contributed by atoms with E-state index in [-0.39, 0.29) is 12.4 Å². The molecule has 1 aliphatic heterocycles. The molecule has 1 heterocycles. The van der Waals surface area contributed by atoms with Gasteiger partial charge in [-0.15, -0.1) is 12.4 Å². The van der Waals surface area contributed by atoms with Crippen molar-refractivity contribution in [2.24, 2.45) is 0 Å². The number of morpholine rings is 1. The summed E-state index contributed by atoms with van der Waals surface area (Å²) in [7, 11) is 0. The number of nitrogens with zero attached hydrogens (tertiary/aromatic N) is 1. The van der Waals surface area contributed by atoms with Crippen molar-refractivity contribution < 1.29 is 9.47 Å². The fraction of sp³-hybridized carbons (Fsp3) is 0.700. The van der Waals surface area contributed by atoms with E-state index in [9.17, 15) is 0 Å². The van der Waals surface area contributed by atoms with Gasteiger partial charge in [0.15, 0.2) is 0 Å². The van der Waals surface area contributed by atoms with Crippen LogP contribution in [0.1, 0.15) is 49.7 Å². The first-order chi connectivity index (χ1) is 11.4. The van der Waals surface area contributed by atoms with Gasteiger partial charge < -0.3 is 9.47 Å². The van der Waals surface area contributed by atoms with Gasteiger partial charge in [0.2, 0.25) is 0 Å². The lowest BCUT2D eigenvalue weighted by Crippen LogP contribution is -2.36. The van der Waals surface area contributed by atoms with E-state index in [0.29, 0.717) is 6.10 Å². The molecule has 1 aliphatic carbocycles. The largest absolute Gasteiger partial charge is 0.379 e. The Bertz CT molecular complexity index is 439. The predicted octanol–water partition coefficient (Wildman–Crippen LogP) is 4.22. The van der Waals surface area contributed by atoms with Crippen molar-refractivity contribution in [2.75, 3.05) is 32.8 Å². The van der Waals surface area contributed by atoms with Crippen LogP contribution in [0.15, 0.2) is 24.3 Å². The highest BCUT2D eigenvalue weighted by Gasteiger charge is 2.13. The molecule has 0 unspecified atom stereocenters. The quantitative estimate of drug-likeness (QED) is 0.732. The minimum Gasteiger partial charge on any atom is -0.379 e. The molecule has 2 fully saturated rings. The molecule has 0 bridgehead atoms. The molecule has 0 radical (unpaired) electrons. The Morgan fingerprint density at radius 1 is 0.958 bits per heavy atom. The lowest BCUT2D eigenvalue weighted by molar-refractivity contribution is 0.0168. The molecule has 1 aromatic carbocycles. The van der Waals surface area contributed by atoms with E-state index in [2.05, 4.69) is 29.2 Å². The minimum atomic E-state index is 0. The first-order valence-corrected chi connectivity index (χ1v) is 9.40. The van der Waals surface area contributed by atoms with E-state index in [0.717, 1.165) is 32.9 Å². The van der Waals surface area contributed by atoms with Crippen molar-refractivity contribution in [3.8, 4) is 0 Å². The second-order valence-corrected chi connectivity index (χ2v) is 6.95. The molecule has 0 spiro atoms. The average Bonchev–Trinajstić information content (AvgIpc) is 2.63. The number of ether oxygens (including phenoxy) is 2. The Labute approximate surface area is 153 Å². The summed E-state index contributed by atoms with van der Waals surface area (Å²) in [6, 6.07) is 9.04. The molecule has 0 amide bonds. The van der Waals surface area contributed by atoms with Crippen molar-refractivity contribution in [2.45, 2.75) is 57.7 Å². The number of hydrogen-bond acceptors (Lipinski definition) is 3. The summed E-state index contributed by atoms with van der Waals surface area (Å²) >= 11 is 0. The first-order valence-electron chi connectivity index (χ1n) is 9.40. The summed E-state index contributed by atoms with van der Waals surface area (Å²) < 4.78 is 11.4. The molecule has 1 saturated carbocycles. The van der Waals surface area contributed by atoms with Crippen LogP contribution in [0.5, 0.6) is 0 Å². The van der Waals surface area contributed by atoms with Crippen molar-refractivity contribution in [3.05, 3.63) is 35.4 Å². The number of hydrogen-bond donors (Lipinski definition) is 0. The van der Waals surface area contributed by atoms with Crippen molar-refractivity contribution in [3.63, 3.8) is 0 Å². The monoisotopic (exact) mass is 353 g/mol. The zero-order chi connectivity index (χ0) is 15.7. The van der Waals surface area contributed by atoms with Crippen LogP contribution >= 0.6 is 12.4 Å². The van der Waals surface area contributed by atoms with Crippen LogP contribution in [0.3, 0.4) is 0 Å². The predicted molar refractivity (Wildman–Crippen MR) is 101 cm³/mol. The Morgan fingerprint density at radius 2 is 1.62 bits per heavy atom. The highest BCUT2D eigenvalue weighted by atomic mass is 35.5. The standard InChI is InChI=1S/C20H31NO2.ClH/c1-2-6-20(7-3-1)23-17-19-10-8-18(9-11-19)5-4-12-21-13-15-22-16-14-21;/h8-11,20H,1-7,12-17H2;1H. The van der Waals surface area contributed by atoms with Gasteiger partial charge in [0, 0.05) is 13.1 Å². The van der Waals surface area contributed by atoms with Crippen LogP contribution in [0.25, 0.3) is 0 Å². The SMILES string of the molecule is Cl.c1cc(COC2CCCCC2)ccc1CCCN1CCOCC1. The van der Waals surface area contributed by atoms with Gasteiger partial charge >= 0.3 is 0 Å². The maximum absolute atomic E-state index is 6.05. The van der Waals surface area contributed by atoms with Gasteiger partial charge in [-0.3, -0.25) is 4.90 Å². The van der Waals surface area contributed by atoms with Gasteiger partial charge in [-0.05, 0) is 43.4 Å². The molecule has 0 N–H and O–H groups in total. The molecule has 3 nitrogen and oxygen atoms in total. The molecule has 0 atom stereocenters. The van der Waals surface area contributed by atoms with Gasteiger partial charge in [-0.1, -0.05) is 43.5 Å². The zero-order valence-electron chi connectivity index (χ0n) is 14.8. The molecule has 3 rings (SSSR count). The minimum absolute atomic E-state index is 0. The molecule has 24 heavy (non-hydrogen) atoms.